The summed E-state index contributed by atoms with van der Waals surface area (Å²) in [5.74, 6) is 0.0963. The summed E-state index contributed by atoms with van der Waals surface area (Å²) >= 11 is 9.35. The van der Waals surface area contributed by atoms with E-state index in [4.69, 9.17) is 11.6 Å². The number of nitrogens with zero attached hydrogens (tertiary/aromatic N) is 1. The smallest absolute Gasteiger partial charge is 0.244 e. The molecule has 1 atom stereocenters. The van der Waals surface area contributed by atoms with Crippen LogP contribution in [-0.4, -0.2) is 29.9 Å². The highest BCUT2D eigenvalue weighted by atomic mass is 79.9. The average molecular weight is 334 g/mol. The SMILES string of the molecule is CCN(CC)C(=O)C(C)Nc1ccc(Br)c(Cl)c1. The van der Waals surface area contributed by atoms with Gasteiger partial charge in [-0.2, -0.15) is 0 Å². The number of rotatable bonds is 5. The fourth-order valence-corrected chi connectivity index (χ4v) is 2.13. The maximum atomic E-state index is 12.1. The van der Waals surface area contributed by atoms with Crippen LogP contribution in [0.4, 0.5) is 5.69 Å². The number of hydrogen-bond acceptors (Lipinski definition) is 2. The molecule has 1 aromatic rings. The Morgan fingerprint density at radius 3 is 2.56 bits per heavy atom. The molecule has 0 aliphatic heterocycles. The van der Waals surface area contributed by atoms with E-state index < -0.39 is 0 Å². The van der Waals surface area contributed by atoms with Gasteiger partial charge in [0.2, 0.25) is 5.91 Å². The van der Waals surface area contributed by atoms with Gasteiger partial charge in [-0.25, -0.2) is 0 Å². The number of carbonyl (C=O) groups excluding carboxylic acids is 1. The third-order valence-electron chi connectivity index (χ3n) is 2.75. The molecule has 0 heterocycles. The molecule has 0 aromatic heterocycles. The zero-order valence-electron chi connectivity index (χ0n) is 10.8. The standard InChI is InChI=1S/C13H18BrClN2O/c1-4-17(5-2)13(18)9(3)16-10-6-7-11(14)12(15)8-10/h6-9,16H,4-5H2,1-3H3. The predicted molar refractivity (Wildman–Crippen MR) is 80.2 cm³/mol. The lowest BCUT2D eigenvalue weighted by Gasteiger charge is -2.24. The van der Waals surface area contributed by atoms with Crippen LogP contribution in [0.1, 0.15) is 20.8 Å². The Kier molecular flexibility index (Phi) is 5.96. The molecule has 18 heavy (non-hydrogen) atoms. The van der Waals surface area contributed by atoms with E-state index in [0.717, 1.165) is 23.2 Å². The van der Waals surface area contributed by atoms with E-state index in [-0.39, 0.29) is 11.9 Å². The molecule has 1 unspecified atom stereocenters. The van der Waals surface area contributed by atoms with Gasteiger partial charge in [-0.05, 0) is 54.9 Å². The highest BCUT2D eigenvalue weighted by molar-refractivity contribution is 9.10. The fraction of sp³-hybridized carbons (Fsp3) is 0.462. The molecule has 0 fully saturated rings. The molecular formula is C13H18BrClN2O. The van der Waals surface area contributed by atoms with E-state index in [9.17, 15) is 4.79 Å². The summed E-state index contributed by atoms with van der Waals surface area (Å²) in [5, 5.41) is 3.79. The van der Waals surface area contributed by atoms with Gasteiger partial charge in [0.15, 0.2) is 0 Å². The molecule has 0 aliphatic rings. The molecule has 0 radical (unpaired) electrons. The van der Waals surface area contributed by atoms with Gasteiger partial charge >= 0.3 is 0 Å². The zero-order chi connectivity index (χ0) is 13.7. The molecule has 0 bridgehead atoms. The second-order valence-corrected chi connectivity index (χ2v) is 5.27. The van der Waals surface area contributed by atoms with Crippen molar-refractivity contribution >= 4 is 39.1 Å². The predicted octanol–water partition coefficient (Wildman–Crippen LogP) is 3.77. The van der Waals surface area contributed by atoms with E-state index in [0.29, 0.717) is 5.02 Å². The maximum absolute atomic E-state index is 12.1. The van der Waals surface area contributed by atoms with Crippen molar-refractivity contribution in [3.05, 3.63) is 27.7 Å². The summed E-state index contributed by atoms with van der Waals surface area (Å²) in [6.07, 6.45) is 0. The quantitative estimate of drug-likeness (QED) is 0.889. The van der Waals surface area contributed by atoms with Crippen LogP contribution in [-0.2, 0) is 4.79 Å². The summed E-state index contributed by atoms with van der Waals surface area (Å²) < 4.78 is 0.845. The normalized spacial score (nSPS) is 12.1. The van der Waals surface area contributed by atoms with Gasteiger partial charge in [-0.1, -0.05) is 11.6 Å². The number of anilines is 1. The Morgan fingerprint density at radius 1 is 1.44 bits per heavy atom. The van der Waals surface area contributed by atoms with Crippen molar-refractivity contribution in [1.82, 2.24) is 4.90 Å². The molecule has 0 saturated heterocycles. The summed E-state index contributed by atoms with van der Waals surface area (Å²) in [4.78, 5) is 13.9. The van der Waals surface area contributed by atoms with E-state index in [2.05, 4.69) is 21.2 Å². The lowest BCUT2D eigenvalue weighted by molar-refractivity contribution is -0.131. The number of benzene rings is 1. The second-order valence-electron chi connectivity index (χ2n) is 4.01. The molecule has 1 rings (SSSR count). The molecule has 5 heteroatoms. The summed E-state index contributed by atoms with van der Waals surface area (Å²) in [7, 11) is 0. The molecule has 1 aromatic carbocycles. The van der Waals surface area contributed by atoms with Crippen LogP contribution in [0.15, 0.2) is 22.7 Å². The number of carbonyl (C=O) groups is 1. The van der Waals surface area contributed by atoms with Crippen molar-refractivity contribution in [2.24, 2.45) is 0 Å². The molecule has 0 spiro atoms. The highest BCUT2D eigenvalue weighted by Gasteiger charge is 2.17. The van der Waals surface area contributed by atoms with Gasteiger partial charge in [0, 0.05) is 23.2 Å². The van der Waals surface area contributed by atoms with Crippen LogP contribution in [0, 0.1) is 0 Å². The Morgan fingerprint density at radius 2 is 2.06 bits per heavy atom. The largest absolute Gasteiger partial charge is 0.374 e. The first-order valence-corrected chi connectivity index (χ1v) is 7.17. The van der Waals surface area contributed by atoms with E-state index in [1.54, 1.807) is 11.0 Å². The fourth-order valence-electron chi connectivity index (χ4n) is 1.71. The number of hydrogen-bond donors (Lipinski definition) is 1. The number of nitrogens with one attached hydrogen (secondary N) is 1. The van der Waals surface area contributed by atoms with Gasteiger partial charge < -0.3 is 10.2 Å². The van der Waals surface area contributed by atoms with E-state index in [1.807, 2.05) is 32.9 Å². The summed E-state index contributed by atoms with van der Waals surface area (Å²) in [6, 6.07) is 5.29. The van der Waals surface area contributed by atoms with Gasteiger partial charge in [-0.15, -0.1) is 0 Å². The van der Waals surface area contributed by atoms with Crippen LogP contribution in [0.3, 0.4) is 0 Å². The first-order valence-electron chi connectivity index (χ1n) is 6.00. The van der Waals surface area contributed by atoms with Crippen LogP contribution in [0.5, 0.6) is 0 Å². The summed E-state index contributed by atoms with van der Waals surface area (Å²) in [5.41, 5.74) is 0.844. The molecule has 0 aliphatic carbocycles. The third-order valence-corrected chi connectivity index (χ3v) is 3.98. The zero-order valence-corrected chi connectivity index (χ0v) is 13.2. The highest BCUT2D eigenvalue weighted by Crippen LogP contribution is 2.25. The molecule has 3 nitrogen and oxygen atoms in total. The van der Waals surface area contributed by atoms with Crippen molar-refractivity contribution in [1.29, 1.82) is 0 Å². The van der Waals surface area contributed by atoms with Crippen molar-refractivity contribution in [2.75, 3.05) is 18.4 Å². The van der Waals surface area contributed by atoms with Crippen LogP contribution >= 0.6 is 27.5 Å². The first-order chi connectivity index (χ1) is 8.49. The molecule has 100 valence electrons. The molecule has 1 amide bonds. The van der Waals surface area contributed by atoms with Gasteiger partial charge in [0.05, 0.1) is 5.02 Å². The minimum atomic E-state index is -0.262. The van der Waals surface area contributed by atoms with E-state index >= 15 is 0 Å². The van der Waals surface area contributed by atoms with Crippen molar-refractivity contribution < 1.29 is 4.79 Å². The van der Waals surface area contributed by atoms with Crippen LogP contribution < -0.4 is 5.32 Å². The van der Waals surface area contributed by atoms with Crippen molar-refractivity contribution in [3.8, 4) is 0 Å². The van der Waals surface area contributed by atoms with Crippen molar-refractivity contribution in [2.45, 2.75) is 26.8 Å². The average Bonchev–Trinajstić information content (AvgIpc) is 2.35. The topological polar surface area (TPSA) is 32.3 Å². The number of amides is 1. The number of halogens is 2. The Hall–Kier alpha value is -0.740. The lowest BCUT2D eigenvalue weighted by atomic mass is 10.2. The first kappa shape index (κ1) is 15.3. The Bertz CT molecular complexity index is 421. The Balaban J connectivity index is 2.71. The Labute approximate surface area is 122 Å². The second kappa shape index (κ2) is 7.00. The monoisotopic (exact) mass is 332 g/mol. The molecule has 1 N–H and O–H groups in total. The van der Waals surface area contributed by atoms with Gasteiger partial charge in [-0.3, -0.25) is 4.79 Å². The third kappa shape index (κ3) is 3.89. The molecule has 0 saturated carbocycles. The lowest BCUT2D eigenvalue weighted by Crippen LogP contribution is -2.41. The minimum Gasteiger partial charge on any atom is -0.374 e. The summed E-state index contributed by atoms with van der Waals surface area (Å²) in [6.45, 7) is 7.26. The minimum absolute atomic E-state index is 0.0963. The van der Waals surface area contributed by atoms with Gasteiger partial charge in [0.25, 0.3) is 0 Å². The van der Waals surface area contributed by atoms with Gasteiger partial charge in [0.1, 0.15) is 6.04 Å². The van der Waals surface area contributed by atoms with E-state index in [1.165, 1.54) is 0 Å². The molecular weight excluding hydrogens is 316 g/mol. The van der Waals surface area contributed by atoms with Crippen LogP contribution in [0.25, 0.3) is 0 Å². The number of likely N-dealkylation sites (N-methyl/N-ethyl adjacent to an activating group) is 1. The van der Waals surface area contributed by atoms with Crippen LogP contribution in [0.2, 0.25) is 5.02 Å². The maximum Gasteiger partial charge on any atom is 0.244 e. The van der Waals surface area contributed by atoms with Crippen molar-refractivity contribution in [3.63, 3.8) is 0 Å².